The number of rotatable bonds is 7. The minimum Gasteiger partial charge on any atom is -0.316 e. The van der Waals surface area contributed by atoms with Gasteiger partial charge in [0.15, 0.2) is 0 Å². The van der Waals surface area contributed by atoms with Crippen LogP contribution in [0.3, 0.4) is 0 Å². The standard InChI is InChI=1S/C25H22N4OS/c1-18-12-14-21(15-13-18)23-24(27-22(30)16-19-8-4-2-5-9-19)31-25(28-23)29-26-17-20-10-6-3-7-11-20/h2-15,17H,16H2,1H3,(H,27,30)(H,28,29)/b26-17-. The Bertz CT molecular complexity index is 1170. The van der Waals surface area contributed by atoms with Crippen molar-refractivity contribution in [1.82, 2.24) is 4.98 Å². The van der Waals surface area contributed by atoms with Gasteiger partial charge in [-0.15, -0.1) is 0 Å². The smallest absolute Gasteiger partial charge is 0.229 e. The van der Waals surface area contributed by atoms with Crippen LogP contribution in [0, 0.1) is 6.92 Å². The molecule has 0 radical (unpaired) electrons. The highest BCUT2D eigenvalue weighted by Gasteiger charge is 2.16. The van der Waals surface area contributed by atoms with Crippen molar-refractivity contribution in [3.05, 3.63) is 102 Å². The summed E-state index contributed by atoms with van der Waals surface area (Å²) in [5, 5.41) is 8.61. The van der Waals surface area contributed by atoms with E-state index in [0.29, 0.717) is 16.6 Å². The van der Waals surface area contributed by atoms with Crippen LogP contribution in [0.25, 0.3) is 11.3 Å². The molecule has 5 nitrogen and oxygen atoms in total. The van der Waals surface area contributed by atoms with Crippen LogP contribution in [0.15, 0.2) is 90.0 Å². The number of nitrogens with zero attached hydrogens (tertiary/aromatic N) is 2. The van der Waals surface area contributed by atoms with Crippen molar-refractivity contribution in [2.75, 3.05) is 10.7 Å². The van der Waals surface area contributed by atoms with Crippen LogP contribution in [0.2, 0.25) is 0 Å². The van der Waals surface area contributed by atoms with Crippen molar-refractivity contribution in [2.24, 2.45) is 5.10 Å². The van der Waals surface area contributed by atoms with E-state index >= 15 is 0 Å². The highest BCUT2D eigenvalue weighted by molar-refractivity contribution is 7.20. The lowest BCUT2D eigenvalue weighted by atomic mass is 10.1. The molecule has 0 aliphatic heterocycles. The van der Waals surface area contributed by atoms with E-state index < -0.39 is 0 Å². The van der Waals surface area contributed by atoms with E-state index in [9.17, 15) is 4.79 Å². The third-order valence-corrected chi connectivity index (χ3v) is 5.46. The van der Waals surface area contributed by atoms with Gasteiger partial charge in [-0.2, -0.15) is 5.10 Å². The number of aromatic nitrogens is 1. The van der Waals surface area contributed by atoms with E-state index in [-0.39, 0.29) is 5.91 Å². The van der Waals surface area contributed by atoms with Gasteiger partial charge in [0.05, 0.1) is 12.6 Å². The maximum atomic E-state index is 12.6. The summed E-state index contributed by atoms with van der Waals surface area (Å²) in [7, 11) is 0. The zero-order valence-corrected chi connectivity index (χ0v) is 17.9. The SMILES string of the molecule is Cc1ccc(-c2nc(N/N=C\c3ccccc3)sc2NC(=O)Cc2ccccc2)cc1. The van der Waals surface area contributed by atoms with Crippen LogP contribution in [0.4, 0.5) is 10.1 Å². The molecule has 1 heterocycles. The summed E-state index contributed by atoms with van der Waals surface area (Å²) >= 11 is 1.36. The molecule has 31 heavy (non-hydrogen) atoms. The van der Waals surface area contributed by atoms with Gasteiger partial charge >= 0.3 is 0 Å². The van der Waals surface area contributed by atoms with Crippen molar-refractivity contribution in [1.29, 1.82) is 0 Å². The zero-order chi connectivity index (χ0) is 21.5. The second-order valence-corrected chi connectivity index (χ2v) is 8.05. The molecule has 3 aromatic carbocycles. The van der Waals surface area contributed by atoms with Crippen molar-refractivity contribution in [2.45, 2.75) is 13.3 Å². The Hall–Kier alpha value is -3.77. The average Bonchev–Trinajstić information content (AvgIpc) is 3.18. The number of nitrogens with one attached hydrogen (secondary N) is 2. The van der Waals surface area contributed by atoms with Crippen LogP contribution < -0.4 is 10.7 Å². The summed E-state index contributed by atoms with van der Waals surface area (Å²) in [5.74, 6) is -0.0810. The third-order valence-electron chi connectivity index (χ3n) is 4.59. The molecule has 4 aromatic rings. The topological polar surface area (TPSA) is 66.4 Å². The molecule has 1 amide bonds. The van der Waals surface area contributed by atoms with Gasteiger partial charge in [0.25, 0.3) is 0 Å². The summed E-state index contributed by atoms with van der Waals surface area (Å²) in [4.78, 5) is 17.3. The molecule has 6 heteroatoms. The molecule has 0 spiro atoms. The van der Waals surface area contributed by atoms with Crippen molar-refractivity contribution >= 4 is 33.6 Å². The van der Waals surface area contributed by atoms with Gasteiger partial charge in [0.1, 0.15) is 10.7 Å². The fraction of sp³-hybridized carbons (Fsp3) is 0.0800. The number of carbonyl (C=O) groups excluding carboxylic acids is 1. The number of anilines is 2. The van der Waals surface area contributed by atoms with Crippen LogP contribution in [0.5, 0.6) is 0 Å². The maximum Gasteiger partial charge on any atom is 0.229 e. The largest absolute Gasteiger partial charge is 0.316 e. The first-order valence-electron chi connectivity index (χ1n) is 9.93. The quantitative estimate of drug-likeness (QED) is 0.292. The first-order valence-corrected chi connectivity index (χ1v) is 10.7. The highest BCUT2D eigenvalue weighted by atomic mass is 32.1. The minimum absolute atomic E-state index is 0.0810. The second-order valence-electron chi connectivity index (χ2n) is 7.05. The number of thiazole rings is 1. The van der Waals surface area contributed by atoms with E-state index in [1.54, 1.807) is 6.21 Å². The lowest BCUT2D eigenvalue weighted by Gasteiger charge is -2.06. The summed E-state index contributed by atoms with van der Waals surface area (Å²) in [6.45, 7) is 2.04. The Morgan fingerprint density at radius 3 is 2.35 bits per heavy atom. The molecule has 0 bridgehead atoms. The Labute approximate surface area is 185 Å². The number of carbonyl (C=O) groups is 1. The van der Waals surface area contributed by atoms with Gasteiger partial charge < -0.3 is 5.32 Å². The molecule has 0 saturated heterocycles. The molecule has 154 valence electrons. The molecule has 0 aliphatic rings. The van der Waals surface area contributed by atoms with Crippen LogP contribution >= 0.6 is 11.3 Å². The molecular formula is C25H22N4OS. The Morgan fingerprint density at radius 1 is 0.968 bits per heavy atom. The predicted molar refractivity (Wildman–Crippen MR) is 129 cm³/mol. The number of hydrazone groups is 1. The lowest BCUT2D eigenvalue weighted by molar-refractivity contribution is -0.115. The molecule has 1 aromatic heterocycles. The second kappa shape index (κ2) is 9.82. The number of aryl methyl sites for hydroxylation is 1. The summed E-state index contributed by atoms with van der Waals surface area (Å²) in [6.07, 6.45) is 2.04. The fourth-order valence-electron chi connectivity index (χ4n) is 3.01. The third kappa shape index (κ3) is 5.65. The first kappa shape index (κ1) is 20.5. The van der Waals surface area contributed by atoms with E-state index in [2.05, 4.69) is 20.8 Å². The van der Waals surface area contributed by atoms with Crippen molar-refractivity contribution in [3.8, 4) is 11.3 Å². The number of amides is 1. The molecule has 2 N–H and O–H groups in total. The van der Waals surface area contributed by atoms with Crippen LogP contribution in [-0.2, 0) is 11.2 Å². The molecule has 0 saturated carbocycles. The Morgan fingerprint density at radius 2 is 1.65 bits per heavy atom. The maximum absolute atomic E-state index is 12.6. The normalized spacial score (nSPS) is 10.9. The van der Waals surface area contributed by atoms with Gasteiger partial charge in [-0.1, -0.05) is 102 Å². The van der Waals surface area contributed by atoms with Crippen LogP contribution in [0.1, 0.15) is 16.7 Å². The van der Waals surface area contributed by atoms with Gasteiger partial charge in [-0.05, 0) is 18.1 Å². The monoisotopic (exact) mass is 426 g/mol. The van der Waals surface area contributed by atoms with E-state index in [4.69, 9.17) is 0 Å². The molecule has 0 aliphatic carbocycles. The van der Waals surface area contributed by atoms with Gasteiger partial charge in [-0.25, -0.2) is 4.98 Å². The van der Waals surface area contributed by atoms with E-state index in [0.717, 1.165) is 22.4 Å². The van der Waals surface area contributed by atoms with E-state index in [1.807, 2.05) is 91.9 Å². The number of hydrogen-bond acceptors (Lipinski definition) is 5. The Kier molecular flexibility index (Phi) is 6.50. The summed E-state index contributed by atoms with van der Waals surface area (Å²) in [6, 6.07) is 27.6. The van der Waals surface area contributed by atoms with Gasteiger partial charge in [0.2, 0.25) is 11.0 Å². The lowest BCUT2D eigenvalue weighted by Crippen LogP contribution is -2.14. The van der Waals surface area contributed by atoms with E-state index in [1.165, 1.54) is 16.9 Å². The molecule has 4 rings (SSSR count). The predicted octanol–water partition coefficient (Wildman–Crippen LogP) is 5.75. The summed E-state index contributed by atoms with van der Waals surface area (Å²) < 4.78 is 0. The van der Waals surface area contributed by atoms with Gasteiger partial charge in [0, 0.05) is 5.56 Å². The fourth-order valence-corrected chi connectivity index (χ4v) is 3.87. The summed E-state index contributed by atoms with van der Waals surface area (Å²) in [5.41, 5.74) is 7.77. The molecule has 0 fully saturated rings. The molecule has 0 atom stereocenters. The van der Waals surface area contributed by atoms with Crippen molar-refractivity contribution in [3.63, 3.8) is 0 Å². The number of hydrogen-bond donors (Lipinski definition) is 2. The minimum atomic E-state index is -0.0810. The molecule has 0 unspecified atom stereocenters. The van der Waals surface area contributed by atoms with Crippen molar-refractivity contribution < 1.29 is 4.79 Å². The highest BCUT2D eigenvalue weighted by Crippen LogP contribution is 2.36. The average molecular weight is 427 g/mol. The number of benzene rings is 3. The first-order chi connectivity index (χ1) is 15.2. The van der Waals surface area contributed by atoms with Crippen LogP contribution in [-0.4, -0.2) is 17.1 Å². The molecular weight excluding hydrogens is 404 g/mol. The zero-order valence-electron chi connectivity index (χ0n) is 17.1. The van der Waals surface area contributed by atoms with Gasteiger partial charge in [-0.3, -0.25) is 10.2 Å². The Balaban J connectivity index is 1.55.